The van der Waals surface area contributed by atoms with Crippen molar-refractivity contribution in [3.8, 4) is 0 Å². The van der Waals surface area contributed by atoms with Gasteiger partial charge in [-0.25, -0.2) is 9.59 Å². The van der Waals surface area contributed by atoms with E-state index in [4.69, 9.17) is 9.47 Å². The van der Waals surface area contributed by atoms with Crippen molar-refractivity contribution in [3.63, 3.8) is 0 Å². The van der Waals surface area contributed by atoms with E-state index in [0.717, 1.165) is 24.2 Å². The number of hydrogen-bond acceptors (Lipinski definition) is 11. The van der Waals surface area contributed by atoms with Crippen LogP contribution in [0.4, 0.5) is 10.1 Å². The number of carbonyl (C=O) groups excluding carboxylic acids is 4. The Hall–Kier alpha value is -2.51. The van der Waals surface area contributed by atoms with Crippen molar-refractivity contribution in [3.05, 3.63) is 16.0 Å². The highest BCUT2D eigenvalue weighted by Gasteiger charge is 2.28. The third kappa shape index (κ3) is 7.50. The van der Waals surface area contributed by atoms with Crippen LogP contribution in [0.2, 0.25) is 0 Å². The van der Waals surface area contributed by atoms with Gasteiger partial charge >= 0.3 is 11.9 Å². The second-order valence-corrected chi connectivity index (χ2v) is 10.6. The number of thioether (sulfide) groups is 1. The van der Waals surface area contributed by atoms with Crippen molar-refractivity contribution in [2.45, 2.75) is 63.5 Å². The van der Waals surface area contributed by atoms with Crippen LogP contribution in [0.25, 0.3) is 0 Å². The van der Waals surface area contributed by atoms with Crippen molar-refractivity contribution in [2.75, 3.05) is 23.8 Å². The van der Waals surface area contributed by atoms with E-state index < -0.39 is 23.1 Å². The van der Waals surface area contributed by atoms with Gasteiger partial charge < -0.3 is 20.1 Å². The largest absolute Gasteiger partial charge is 0.462 e. The summed E-state index contributed by atoms with van der Waals surface area (Å²) in [6, 6.07) is 0. The fraction of sp³-hybridized carbons (Fsp3) is 0.524. The van der Waals surface area contributed by atoms with Crippen molar-refractivity contribution < 1.29 is 28.7 Å². The molecule has 2 amide bonds. The number of amides is 2. The summed E-state index contributed by atoms with van der Waals surface area (Å²) in [6.45, 7) is 8.98. The lowest BCUT2D eigenvalue weighted by atomic mass is 10.1. The fourth-order valence-corrected chi connectivity index (χ4v) is 5.69. The van der Waals surface area contributed by atoms with Gasteiger partial charge in [0.15, 0.2) is 4.34 Å². The summed E-state index contributed by atoms with van der Waals surface area (Å²) in [4.78, 5) is 49.7. The number of nitrogens with one attached hydrogen (secondary N) is 2. The zero-order chi connectivity index (χ0) is 25.3. The second kappa shape index (κ2) is 13.4. The number of thiophene rings is 1. The van der Waals surface area contributed by atoms with E-state index in [-0.39, 0.29) is 34.6 Å². The third-order valence-electron chi connectivity index (χ3n) is 4.38. The van der Waals surface area contributed by atoms with E-state index in [2.05, 4.69) is 20.8 Å². The molecule has 0 spiro atoms. The van der Waals surface area contributed by atoms with Gasteiger partial charge in [-0.2, -0.15) is 0 Å². The zero-order valence-electron chi connectivity index (χ0n) is 19.7. The van der Waals surface area contributed by atoms with Gasteiger partial charge in [-0.15, -0.1) is 21.5 Å². The molecule has 0 saturated heterocycles. The maximum Gasteiger partial charge on any atom is 0.348 e. The first-order chi connectivity index (χ1) is 16.2. The standard InChI is InChI=1S/C21H28N4O6S3/c1-6-9-10-13(26)22-20-24-25-21(34-20)32-12(5)16(27)23-17-14(18(28)30-7-2)11(4)15(33-17)19(29)31-8-3/h12H,6-10H2,1-5H3,(H,23,27)(H,22,24,26). The lowest BCUT2D eigenvalue weighted by molar-refractivity contribution is -0.116. The van der Waals surface area contributed by atoms with E-state index in [1.807, 2.05) is 6.92 Å². The molecule has 2 rings (SSSR count). The Kier molecular flexibility index (Phi) is 10.9. The number of aromatic nitrogens is 2. The molecule has 34 heavy (non-hydrogen) atoms. The van der Waals surface area contributed by atoms with Gasteiger partial charge in [-0.1, -0.05) is 36.4 Å². The van der Waals surface area contributed by atoms with E-state index in [9.17, 15) is 19.2 Å². The van der Waals surface area contributed by atoms with Crippen LogP contribution in [0.3, 0.4) is 0 Å². The van der Waals surface area contributed by atoms with Gasteiger partial charge in [0.05, 0.1) is 24.0 Å². The number of anilines is 2. The van der Waals surface area contributed by atoms with Crippen molar-refractivity contribution in [2.24, 2.45) is 0 Å². The number of hydrogen-bond donors (Lipinski definition) is 2. The number of carbonyl (C=O) groups is 4. The van der Waals surface area contributed by atoms with Crippen LogP contribution in [0.5, 0.6) is 0 Å². The van der Waals surface area contributed by atoms with Crippen LogP contribution >= 0.6 is 34.4 Å². The summed E-state index contributed by atoms with van der Waals surface area (Å²) in [5.41, 5.74) is 0.526. The summed E-state index contributed by atoms with van der Waals surface area (Å²) in [7, 11) is 0. The molecule has 0 bridgehead atoms. The van der Waals surface area contributed by atoms with Crippen molar-refractivity contribution in [1.29, 1.82) is 0 Å². The Morgan fingerprint density at radius 3 is 2.32 bits per heavy atom. The summed E-state index contributed by atoms with van der Waals surface area (Å²) >= 11 is 3.31. The zero-order valence-corrected chi connectivity index (χ0v) is 22.1. The highest BCUT2D eigenvalue weighted by Crippen LogP contribution is 2.36. The predicted octanol–water partition coefficient (Wildman–Crippen LogP) is 4.51. The molecule has 0 aliphatic rings. The van der Waals surface area contributed by atoms with Crippen LogP contribution in [0.15, 0.2) is 4.34 Å². The molecular weight excluding hydrogens is 500 g/mol. The molecule has 0 aliphatic carbocycles. The minimum Gasteiger partial charge on any atom is -0.462 e. The molecule has 186 valence electrons. The Balaban J connectivity index is 2.12. The lowest BCUT2D eigenvalue weighted by Gasteiger charge is -2.10. The summed E-state index contributed by atoms with van der Waals surface area (Å²) in [5, 5.41) is 13.4. The van der Waals surface area contributed by atoms with Crippen LogP contribution in [0, 0.1) is 6.92 Å². The Bertz CT molecular complexity index is 1040. The molecule has 0 fully saturated rings. The number of nitrogens with zero attached hydrogens (tertiary/aromatic N) is 2. The quantitative estimate of drug-likeness (QED) is 0.232. The van der Waals surface area contributed by atoms with Gasteiger partial charge in [0, 0.05) is 6.42 Å². The highest BCUT2D eigenvalue weighted by atomic mass is 32.2. The van der Waals surface area contributed by atoms with E-state index in [1.54, 1.807) is 27.7 Å². The average molecular weight is 529 g/mol. The van der Waals surface area contributed by atoms with Gasteiger partial charge in [0.25, 0.3) is 0 Å². The molecule has 0 radical (unpaired) electrons. The first kappa shape index (κ1) is 27.7. The molecule has 2 N–H and O–H groups in total. The maximum absolute atomic E-state index is 12.9. The van der Waals surface area contributed by atoms with Gasteiger partial charge in [0.2, 0.25) is 16.9 Å². The second-order valence-electron chi connectivity index (χ2n) is 6.98. The molecule has 13 heteroatoms. The molecule has 2 aromatic rings. The minimum absolute atomic E-state index is 0.127. The van der Waals surface area contributed by atoms with Crippen molar-refractivity contribution >= 4 is 68.3 Å². The molecule has 2 heterocycles. The smallest absolute Gasteiger partial charge is 0.348 e. The first-order valence-corrected chi connectivity index (χ1v) is 13.3. The molecule has 0 aromatic carbocycles. The molecule has 2 aromatic heterocycles. The number of unbranched alkanes of at least 4 members (excludes halogenated alkanes) is 1. The first-order valence-electron chi connectivity index (χ1n) is 10.8. The minimum atomic E-state index is -0.630. The Labute approximate surface area is 210 Å². The maximum atomic E-state index is 12.9. The molecule has 0 saturated carbocycles. The molecule has 0 aliphatic heterocycles. The average Bonchev–Trinajstić information content (AvgIpc) is 3.35. The highest BCUT2D eigenvalue weighted by molar-refractivity contribution is 8.02. The Morgan fingerprint density at radius 2 is 1.68 bits per heavy atom. The third-order valence-corrected chi connectivity index (χ3v) is 7.59. The Morgan fingerprint density at radius 1 is 1.00 bits per heavy atom. The molecule has 10 nitrogen and oxygen atoms in total. The van der Waals surface area contributed by atoms with Gasteiger partial charge in [-0.05, 0) is 39.7 Å². The predicted molar refractivity (Wildman–Crippen MR) is 133 cm³/mol. The monoisotopic (exact) mass is 528 g/mol. The van der Waals surface area contributed by atoms with Crippen molar-refractivity contribution in [1.82, 2.24) is 10.2 Å². The number of rotatable bonds is 12. The van der Waals surface area contributed by atoms with Gasteiger partial charge in [-0.3, -0.25) is 9.59 Å². The van der Waals surface area contributed by atoms with Crippen LogP contribution in [-0.2, 0) is 19.1 Å². The normalized spacial score (nSPS) is 11.6. The summed E-state index contributed by atoms with van der Waals surface area (Å²) < 4.78 is 10.7. The van der Waals surface area contributed by atoms with E-state index in [1.165, 1.54) is 23.1 Å². The van der Waals surface area contributed by atoms with Crippen LogP contribution < -0.4 is 10.6 Å². The summed E-state index contributed by atoms with van der Waals surface area (Å²) in [6.07, 6.45) is 2.12. The number of esters is 2. The SMILES string of the molecule is CCCCC(=O)Nc1nnc(SC(C)C(=O)Nc2sc(C(=O)OCC)c(C)c2C(=O)OCC)s1. The topological polar surface area (TPSA) is 137 Å². The number of ether oxygens (including phenoxy) is 2. The van der Waals surface area contributed by atoms with Crippen LogP contribution in [-0.4, -0.2) is 52.4 Å². The lowest BCUT2D eigenvalue weighted by Crippen LogP contribution is -2.23. The molecular formula is C21H28N4O6S3. The van der Waals surface area contributed by atoms with E-state index >= 15 is 0 Å². The fourth-order valence-electron chi connectivity index (χ4n) is 2.69. The van der Waals surface area contributed by atoms with Gasteiger partial charge in [0.1, 0.15) is 9.88 Å². The van der Waals surface area contributed by atoms with Crippen LogP contribution in [0.1, 0.15) is 72.6 Å². The molecule has 1 atom stereocenters. The molecule has 1 unspecified atom stereocenters. The van der Waals surface area contributed by atoms with E-state index in [0.29, 0.717) is 21.5 Å². The summed E-state index contributed by atoms with van der Waals surface area (Å²) in [5.74, 6) is -1.72.